The summed E-state index contributed by atoms with van der Waals surface area (Å²) < 4.78 is 14.4. The number of hydrogen-bond donors (Lipinski definition) is 1. The Morgan fingerprint density at radius 2 is 2.18 bits per heavy atom. The molecule has 0 saturated heterocycles. The average molecular weight is 375 g/mol. The molecule has 1 aliphatic rings. The number of nitrogens with zero attached hydrogens (tertiary/aromatic N) is 4. The minimum absolute atomic E-state index is 0.172. The van der Waals surface area contributed by atoms with E-state index in [-0.39, 0.29) is 19.0 Å². The summed E-state index contributed by atoms with van der Waals surface area (Å²) in [6.07, 6.45) is 1.71. The fraction of sp³-hybridized carbons (Fsp3) is 0.190. The zero-order valence-electron chi connectivity index (χ0n) is 15.2. The minimum Gasteiger partial charge on any atom is -0.398 e. The van der Waals surface area contributed by atoms with Crippen LogP contribution in [0.15, 0.2) is 48.7 Å². The van der Waals surface area contributed by atoms with Gasteiger partial charge in [0.25, 0.3) is 5.91 Å². The Bertz CT molecular complexity index is 1160. The monoisotopic (exact) mass is 375 g/mol. The van der Waals surface area contributed by atoms with E-state index < -0.39 is 6.67 Å². The maximum absolute atomic E-state index is 12.8. The molecule has 0 atom stereocenters. The van der Waals surface area contributed by atoms with Crippen molar-refractivity contribution in [2.45, 2.75) is 13.1 Å². The highest BCUT2D eigenvalue weighted by atomic mass is 19.1. The Morgan fingerprint density at radius 3 is 2.93 bits per heavy atom. The number of anilines is 1. The summed E-state index contributed by atoms with van der Waals surface area (Å²) in [5.74, 6) is -0.200. The number of alkyl halides is 1. The fourth-order valence-electron chi connectivity index (χ4n) is 3.66. The minimum atomic E-state index is -0.496. The van der Waals surface area contributed by atoms with E-state index in [1.807, 2.05) is 30.3 Å². The van der Waals surface area contributed by atoms with Crippen LogP contribution in [0.25, 0.3) is 22.0 Å². The van der Waals surface area contributed by atoms with Gasteiger partial charge >= 0.3 is 0 Å². The lowest BCUT2D eigenvalue weighted by Crippen LogP contribution is -2.26. The summed E-state index contributed by atoms with van der Waals surface area (Å²) >= 11 is 0. The topological polar surface area (TPSA) is 87.9 Å². The molecule has 2 heterocycles. The zero-order chi connectivity index (χ0) is 19.8. The summed E-state index contributed by atoms with van der Waals surface area (Å²) in [5.41, 5.74) is 10.7. The van der Waals surface area contributed by atoms with Crippen LogP contribution in [0.1, 0.15) is 15.9 Å². The number of nitrogen functional groups attached to an aromatic ring is 1. The third kappa shape index (κ3) is 2.79. The molecule has 2 aromatic carbocycles. The molecule has 0 aliphatic carbocycles. The maximum Gasteiger partial charge on any atom is 0.256 e. The van der Waals surface area contributed by atoms with Gasteiger partial charge in [-0.3, -0.25) is 9.48 Å². The van der Waals surface area contributed by atoms with Gasteiger partial charge in [0.1, 0.15) is 6.67 Å². The number of halogens is 1. The fourth-order valence-corrected chi connectivity index (χ4v) is 3.66. The van der Waals surface area contributed by atoms with Crippen molar-refractivity contribution in [1.29, 1.82) is 5.26 Å². The van der Waals surface area contributed by atoms with Gasteiger partial charge in [0.2, 0.25) is 0 Å². The Balaban J connectivity index is 1.80. The number of benzene rings is 2. The molecule has 28 heavy (non-hydrogen) atoms. The second kappa shape index (κ2) is 6.82. The number of nitriles is 1. The van der Waals surface area contributed by atoms with Gasteiger partial charge in [-0.15, -0.1) is 0 Å². The van der Waals surface area contributed by atoms with E-state index in [0.29, 0.717) is 23.4 Å². The molecule has 1 aliphatic heterocycles. The predicted molar refractivity (Wildman–Crippen MR) is 105 cm³/mol. The first-order chi connectivity index (χ1) is 13.5. The smallest absolute Gasteiger partial charge is 0.256 e. The van der Waals surface area contributed by atoms with Crippen LogP contribution in [0, 0.1) is 11.3 Å². The molecule has 0 saturated carbocycles. The summed E-state index contributed by atoms with van der Waals surface area (Å²) in [4.78, 5) is 14.4. The molecule has 1 amide bonds. The van der Waals surface area contributed by atoms with Crippen LogP contribution in [0.4, 0.5) is 10.1 Å². The van der Waals surface area contributed by atoms with Gasteiger partial charge in [-0.1, -0.05) is 24.8 Å². The highest BCUT2D eigenvalue weighted by molar-refractivity contribution is 6.05. The standard InChI is InChI=1S/C21H18FN5O/c1-13(9-23)11-26-12-17-16(4-5-18(24)20(17)21(26)28)14-2-3-15-10-25-27(7-6-22)19(15)8-14/h2-5,8,10H,1,6-7,11-12,24H2. The van der Waals surface area contributed by atoms with E-state index in [9.17, 15) is 9.18 Å². The maximum atomic E-state index is 12.8. The number of amides is 1. The van der Waals surface area contributed by atoms with Crippen molar-refractivity contribution < 1.29 is 9.18 Å². The normalized spacial score (nSPS) is 13.0. The van der Waals surface area contributed by atoms with Gasteiger partial charge in [0, 0.05) is 23.2 Å². The number of hydrogen-bond acceptors (Lipinski definition) is 4. The van der Waals surface area contributed by atoms with Crippen molar-refractivity contribution in [1.82, 2.24) is 14.7 Å². The van der Waals surface area contributed by atoms with Gasteiger partial charge < -0.3 is 10.6 Å². The van der Waals surface area contributed by atoms with Crippen molar-refractivity contribution in [2.75, 3.05) is 19.0 Å². The van der Waals surface area contributed by atoms with E-state index in [1.165, 1.54) is 0 Å². The first kappa shape index (κ1) is 17.7. The molecule has 4 rings (SSSR count). The van der Waals surface area contributed by atoms with Crippen LogP contribution in [-0.4, -0.2) is 33.8 Å². The molecule has 6 nitrogen and oxygen atoms in total. The average Bonchev–Trinajstić information content (AvgIpc) is 3.24. The summed E-state index contributed by atoms with van der Waals surface area (Å²) in [6.45, 7) is 3.89. The van der Waals surface area contributed by atoms with Gasteiger partial charge in [0.15, 0.2) is 0 Å². The SMILES string of the molecule is C=C(C#N)CN1Cc2c(-c3ccc4cnn(CCF)c4c3)ccc(N)c2C1=O. The molecule has 0 radical (unpaired) electrons. The van der Waals surface area contributed by atoms with Crippen molar-refractivity contribution in [3.8, 4) is 17.2 Å². The molecule has 1 aromatic heterocycles. The second-order valence-corrected chi connectivity index (χ2v) is 6.76. The van der Waals surface area contributed by atoms with E-state index >= 15 is 0 Å². The molecule has 7 heteroatoms. The number of rotatable bonds is 5. The number of aromatic nitrogens is 2. The molecule has 0 unspecified atom stereocenters. The summed E-state index contributed by atoms with van der Waals surface area (Å²) in [6, 6.07) is 11.4. The number of fused-ring (bicyclic) bond motifs is 2. The highest BCUT2D eigenvalue weighted by Gasteiger charge is 2.32. The number of aryl methyl sites for hydroxylation is 1. The molecule has 0 spiro atoms. The van der Waals surface area contributed by atoms with Crippen molar-refractivity contribution in [3.05, 3.63) is 59.8 Å². The van der Waals surface area contributed by atoms with E-state index in [4.69, 9.17) is 11.0 Å². The van der Waals surface area contributed by atoms with Crippen molar-refractivity contribution >= 4 is 22.5 Å². The zero-order valence-corrected chi connectivity index (χ0v) is 15.2. The molecule has 3 aromatic rings. The molecule has 140 valence electrons. The Morgan fingerprint density at radius 1 is 1.36 bits per heavy atom. The first-order valence-corrected chi connectivity index (χ1v) is 8.84. The van der Waals surface area contributed by atoms with Gasteiger partial charge in [-0.25, -0.2) is 4.39 Å². The van der Waals surface area contributed by atoms with Crippen LogP contribution < -0.4 is 5.73 Å². The van der Waals surface area contributed by atoms with E-state index in [1.54, 1.807) is 21.8 Å². The largest absolute Gasteiger partial charge is 0.398 e. The highest BCUT2D eigenvalue weighted by Crippen LogP contribution is 2.37. The lowest BCUT2D eigenvalue weighted by molar-refractivity contribution is 0.0794. The van der Waals surface area contributed by atoms with Gasteiger partial charge in [-0.2, -0.15) is 10.4 Å². The molecule has 0 bridgehead atoms. The molecular weight excluding hydrogens is 357 g/mol. The van der Waals surface area contributed by atoms with Crippen LogP contribution in [0.3, 0.4) is 0 Å². The Hall–Kier alpha value is -3.66. The predicted octanol–water partition coefficient (Wildman–Crippen LogP) is 3.29. The van der Waals surface area contributed by atoms with E-state index in [2.05, 4.69) is 11.7 Å². The van der Waals surface area contributed by atoms with Crippen LogP contribution in [0.5, 0.6) is 0 Å². The number of nitrogens with two attached hydrogens (primary N) is 1. The van der Waals surface area contributed by atoms with Crippen LogP contribution in [-0.2, 0) is 13.1 Å². The number of carbonyl (C=O) groups is 1. The third-order valence-electron chi connectivity index (χ3n) is 4.99. The first-order valence-electron chi connectivity index (χ1n) is 8.84. The van der Waals surface area contributed by atoms with Crippen molar-refractivity contribution in [2.24, 2.45) is 0 Å². The summed E-state index contributed by atoms with van der Waals surface area (Å²) in [5, 5.41) is 14.1. The Labute approximate surface area is 161 Å². The van der Waals surface area contributed by atoms with Crippen LogP contribution in [0.2, 0.25) is 0 Å². The molecular formula is C21H18FN5O. The number of carbonyl (C=O) groups excluding carboxylic acids is 1. The lowest BCUT2D eigenvalue weighted by Gasteiger charge is -2.14. The Kier molecular flexibility index (Phi) is 4.32. The summed E-state index contributed by atoms with van der Waals surface area (Å²) in [7, 11) is 0. The van der Waals surface area contributed by atoms with Crippen LogP contribution >= 0.6 is 0 Å². The van der Waals surface area contributed by atoms with Gasteiger partial charge in [-0.05, 0) is 28.8 Å². The van der Waals surface area contributed by atoms with E-state index in [0.717, 1.165) is 27.6 Å². The van der Waals surface area contributed by atoms with Crippen molar-refractivity contribution in [3.63, 3.8) is 0 Å². The van der Waals surface area contributed by atoms with Gasteiger partial charge in [0.05, 0.1) is 36.4 Å². The second-order valence-electron chi connectivity index (χ2n) is 6.76. The molecule has 2 N–H and O–H groups in total. The third-order valence-corrected chi connectivity index (χ3v) is 4.99. The molecule has 0 fully saturated rings. The lowest BCUT2D eigenvalue weighted by atomic mass is 9.95. The quantitative estimate of drug-likeness (QED) is 0.547.